The molecule has 1 aliphatic heterocycles. The second kappa shape index (κ2) is 7.79. The van der Waals surface area contributed by atoms with E-state index in [1.165, 1.54) is 18.2 Å². The van der Waals surface area contributed by atoms with E-state index in [1.54, 1.807) is 11.3 Å². The third-order valence-electron chi connectivity index (χ3n) is 6.33. The van der Waals surface area contributed by atoms with Crippen LogP contribution in [0.15, 0.2) is 36.5 Å². The van der Waals surface area contributed by atoms with E-state index in [9.17, 15) is 4.79 Å². The lowest BCUT2D eigenvalue weighted by Gasteiger charge is -2.25. The lowest BCUT2D eigenvalue weighted by atomic mass is 9.94. The van der Waals surface area contributed by atoms with E-state index in [0.717, 1.165) is 71.5 Å². The van der Waals surface area contributed by atoms with Gasteiger partial charge in [0.1, 0.15) is 0 Å². The second-order valence-corrected chi connectivity index (χ2v) is 9.49. The van der Waals surface area contributed by atoms with E-state index in [1.807, 2.05) is 24.4 Å². The van der Waals surface area contributed by atoms with Crippen LogP contribution < -0.4 is 10.6 Å². The number of hydrogen-bond donors (Lipinski definition) is 2. The number of aromatic nitrogens is 4. The number of piperidine rings is 1. The van der Waals surface area contributed by atoms with Crippen molar-refractivity contribution < 1.29 is 4.79 Å². The second-order valence-electron chi connectivity index (χ2n) is 8.49. The maximum Gasteiger partial charge on any atom is 0.223 e. The molecule has 1 aromatic carbocycles. The van der Waals surface area contributed by atoms with Crippen LogP contribution >= 0.6 is 11.3 Å². The highest BCUT2D eigenvalue weighted by Gasteiger charge is 2.32. The smallest absolute Gasteiger partial charge is 0.223 e. The minimum Gasteiger partial charge on any atom is -0.317 e. The fraction of sp³-hybridized carbons (Fsp3) is 0.333. The van der Waals surface area contributed by atoms with Crippen molar-refractivity contribution in [2.45, 2.75) is 38.6 Å². The van der Waals surface area contributed by atoms with Crippen molar-refractivity contribution in [3.63, 3.8) is 0 Å². The van der Waals surface area contributed by atoms with Gasteiger partial charge >= 0.3 is 0 Å². The molecule has 3 aromatic heterocycles. The number of nitrogens with zero attached hydrogens (tertiary/aromatic N) is 4. The molecule has 4 heterocycles. The average Bonchev–Trinajstić information content (AvgIpc) is 3.40. The van der Waals surface area contributed by atoms with E-state index in [0.29, 0.717) is 11.2 Å². The number of fused-ring (bicyclic) bond motifs is 4. The van der Waals surface area contributed by atoms with Gasteiger partial charge in [0.25, 0.3) is 0 Å². The molecule has 0 saturated carbocycles. The fourth-order valence-corrected chi connectivity index (χ4v) is 5.97. The Morgan fingerprint density at radius 2 is 2.06 bits per heavy atom. The van der Waals surface area contributed by atoms with Gasteiger partial charge in [0.15, 0.2) is 5.13 Å². The molecule has 1 amide bonds. The number of benzene rings is 1. The average molecular weight is 445 g/mol. The minimum atomic E-state index is -0.0916. The zero-order chi connectivity index (χ0) is 21.7. The Labute approximate surface area is 189 Å². The van der Waals surface area contributed by atoms with Crippen LogP contribution in [0.1, 0.15) is 37.1 Å². The topological polar surface area (TPSA) is 84.7 Å². The van der Waals surface area contributed by atoms with Crippen molar-refractivity contribution in [2.24, 2.45) is 0 Å². The molecule has 1 aliphatic carbocycles. The zero-order valence-corrected chi connectivity index (χ0v) is 18.7. The Hall–Kier alpha value is -3.10. The lowest BCUT2D eigenvalue weighted by Crippen LogP contribution is -2.30. The summed E-state index contributed by atoms with van der Waals surface area (Å²) in [6.07, 6.45) is 5.79. The van der Waals surface area contributed by atoms with Gasteiger partial charge in [0.05, 0.1) is 33.5 Å². The van der Waals surface area contributed by atoms with Crippen molar-refractivity contribution in [1.29, 1.82) is 0 Å². The molecule has 6 rings (SSSR count). The van der Waals surface area contributed by atoms with E-state index in [-0.39, 0.29) is 5.91 Å². The van der Waals surface area contributed by atoms with Crippen molar-refractivity contribution in [3.05, 3.63) is 47.8 Å². The molecule has 1 fully saturated rings. The fourth-order valence-electron chi connectivity index (χ4n) is 4.85. The Morgan fingerprint density at radius 1 is 1.22 bits per heavy atom. The highest BCUT2D eigenvalue weighted by molar-refractivity contribution is 7.19. The number of amides is 1. The van der Waals surface area contributed by atoms with E-state index in [4.69, 9.17) is 15.1 Å². The number of pyridine rings is 1. The number of rotatable bonds is 3. The van der Waals surface area contributed by atoms with Gasteiger partial charge in [0, 0.05) is 29.6 Å². The third-order valence-corrected chi connectivity index (χ3v) is 7.35. The summed E-state index contributed by atoms with van der Waals surface area (Å²) < 4.78 is 2.24. The third kappa shape index (κ3) is 3.30. The van der Waals surface area contributed by atoms with Gasteiger partial charge in [-0.1, -0.05) is 29.5 Å². The number of para-hydroxylation sites is 1. The van der Waals surface area contributed by atoms with Gasteiger partial charge in [-0.15, -0.1) is 0 Å². The van der Waals surface area contributed by atoms with Crippen LogP contribution in [0.2, 0.25) is 0 Å². The Bertz CT molecular complexity index is 1330. The quantitative estimate of drug-likeness (QED) is 0.495. The van der Waals surface area contributed by atoms with Crippen molar-refractivity contribution >= 4 is 33.3 Å². The summed E-state index contributed by atoms with van der Waals surface area (Å²) in [5.74, 6) is -0.0916. The van der Waals surface area contributed by atoms with Crippen LogP contribution in [-0.4, -0.2) is 38.7 Å². The van der Waals surface area contributed by atoms with Gasteiger partial charge in [0.2, 0.25) is 5.91 Å². The summed E-state index contributed by atoms with van der Waals surface area (Å²) >= 11 is 1.56. The van der Waals surface area contributed by atoms with Crippen LogP contribution in [0, 0.1) is 0 Å². The van der Waals surface area contributed by atoms with Crippen molar-refractivity contribution in [1.82, 2.24) is 25.1 Å². The van der Waals surface area contributed by atoms with Gasteiger partial charge in [-0.3, -0.25) is 14.5 Å². The monoisotopic (exact) mass is 444 g/mol. The summed E-state index contributed by atoms with van der Waals surface area (Å²) in [6.45, 7) is 3.52. The number of thiazole rings is 1. The van der Waals surface area contributed by atoms with Crippen LogP contribution in [0.4, 0.5) is 5.13 Å². The first-order chi connectivity index (χ1) is 15.7. The molecule has 0 unspecified atom stereocenters. The number of nitrogens with one attached hydrogen (secondary N) is 2. The molecule has 32 heavy (non-hydrogen) atoms. The summed E-state index contributed by atoms with van der Waals surface area (Å²) in [7, 11) is 0. The van der Waals surface area contributed by atoms with Gasteiger partial charge in [-0.25, -0.2) is 4.98 Å². The van der Waals surface area contributed by atoms with E-state index < -0.39 is 0 Å². The Morgan fingerprint density at radius 3 is 2.91 bits per heavy atom. The highest BCUT2D eigenvalue weighted by Crippen LogP contribution is 2.45. The van der Waals surface area contributed by atoms with Gasteiger partial charge in [-0.2, -0.15) is 5.10 Å². The Kier molecular flexibility index (Phi) is 4.77. The molecule has 0 radical (unpaired) electrons. The molecule has 0 atom stereocenters. The summed E-state index contributed by atoms with van der Waals surface area (Å²) in [5.41, 5.74) is 6.58. The molecule has 162 valence electrons. The predicted molar refractivity (Wildman–Crippen MR) is 127 cm³/mol. The standard InChI is InChI=1S/C24H24N6OS/c1-14(31)27-24-28-20-7-6-18-21(16-12-15-4-2-3-5-19(15)26-13-16)29-30(22(18)23(20)32-24)17-8-10-25-11-9-17/h2-5,12-13,17,25H,6-11H2,1H3,(H,27,28,31). The normalized spacial score (nSPS) is 16.0. The van der Waals surface area contributed by atoms with Crippen molar-refractivity contribution in [2.75, 3.05) is 18.4 Å². The van der Waals surface area contributed by atoms with Crippen LogP contribution in [0.25, 0.3) is 32.7 Å². The molecular formula is C24H24N6OS. The number of aryl methyl sites for hydroxylation is 1. The highest BCUT2D eigenvalue weighted by atomic mass is 32.1. The zero-order valence-electron chi connectivity index (χ0n) is 17.9. The molecule has 2 N–H and O–H groups in total. The molecule has 7 nitrogen and oxygen atoms in total. The maximum atomic E-state index is 11.6. The molecule has 4 aromatic rings. The molecule has 0 spiro atoms. The first kappa shape index (κ1) is 19.6. The van der Waals surface area contributed by atoms with E-state index in [2.05, 4.69) is 27.4 Å². The molecule has 8 heteroatoms. The van der Waals surface area contributed by atoms with Crippen LogP contribution in [0.5, 0.6) is 0 Å². The number of anilines is 1. The first-order valence-corrected chi connectivity index (χ1v) is 11.9. The van der Waals surface area contributed by atoms with E-state index >= 15 is 0 Å². The maximum absolute atomic E-state index is 11.6. The largest absolute Gasteiger partial charge is 0.317 e. The summed E-state index contributed by atoms with van der Waals surface area (Å²) in [6, 6.07) is 10.7. The summed E-state index contributed by atoms with van der Waals surface area (Å²) in [4.78, 5) is 22.2. The molecule has 1 saturated heterocycles. The molecular weight excluding hydrogens is 420 g/mol. The number of carbonyl (C=O) groups is 1. The van der Waals surface area contributed by atoms with Crippen LogP contribution in [0.3, 0.4) is 0 Å². The van der Waals surface area contributed by atoms with Gasteiger partial charge in [-0.05, 0) is 50.9 Å². The Balaban J connectivity index is 1.53. The summed E-state index contributed by atoms with van der Waals surface area (Å²) in [5, 5.41) is 13.3. The first-order valence-electron chi connectivity index (χ1n) is 11.1. The minimum absolute atomic E-state index is 0.0916. The number of carbonyl (C=O) groups excluding carboxylic acids is 1. The lowest BCUT2D eigenvalue weighted by molar-refractivity contribution is -0.114. The van der Waals surface area contributed by atoms with Crippen molar-refractivity contribution in [3.8, 4) is 21.8 Å². The SMILES string of the molecule is CC(=O)Nc1nc2c(s1)-c1c(c(-c3cnc4ccccc4c3)nn1C1CCNCC1)CC2. The van der Waals surface area contributed by atoms with Gasteiger partial charge < -0.3 is 10.6 Å². The molecule has 0 bridgehead atoms. The number of hydrogen-bond acceptors (Lipinski definition) is 6. The molecule has 2 aliphatic rings. The predicted octanol–water partition coefficient (Wildman–Crippen LogP) is 4.20. The van der Waals surface area contributed by atoms with Crippen LogP contribution in [-0.2, 0) is 17.6 Å².